The van der Waals surface area contributed by atoms with Crippen molar-refractivity contribution in [2.45, 2.75) is 13.5 Å². The van der Waals surface area contributed by atoms with Crippen molar-refractivity contribution >= 4 is 41.7 Å². The van der Waals surface area contributed by atoms with E-state index in [1.54, 1.807) is 12.4 Å². The van der Waals surface area contributed by atoms with Crippen molar-refractivity contribution in [3.05, 3.63) is 89.1 Å². The number of thiazole rings is 1. The highest BCUT2D eigenvalue weighted by atomic mass is 32.1. The van der Waals surface area contributed by atoms with Crippen LogP contribution in [-0.2, 0) is 6.54 Å². The van der Waals surface area contributed by atoms with Crippen LogP contribution in [-0.4, -0.2) is 59.7 Å². The highest BCUT2D eigenvalue weighted by Crippen LogP contribution is 2.29. The van der Waals surface area contributed by atoms with Crippen LogP contribution in [0.15, 0.2) is 72.4 Å². The first-order chi connectivity index (χ1) is 17.5. The van der Waals surface area contributed by atoms with Crippen LogP contribution in [0.2, 0.25) is 0 Å². The van der Waals surface area contributed by atoms with E-state index in [1.807, 2.05) is 71.7 Å². The molecule has 2 aromatic carbocycles. The first-order valence-corrected chi connectivity index (χ1v) is 12.8. The van der Waals surface area contributed by atoms with Gasteiger partial charge in [-0.2, -0.15) is 0 Å². The second-order valence-electron chi connectivity index (χ2n) is 8.90. The summed E-state index contributed by atoms with van der Waals surface area (Å²) in [4.78, 5) is 26.0. The van der Waals surface area contributed by atoms with Crippen LogP contribution in [0.5, 0.6) is 0 Å². The number of pyridine rings is 1. The molecule has 5 rings (SSSR count). The van der Waals surface area contributed by atoms with Crippen LogP contribution in [0.1, 0.15) is 21.5 Å². The lowest BCUT2D eigenvalue weighted by molar-refractivity contribution is 0.102. The molecule has 2 aromatic heterocycles. The molecular weight excluding hydrogens is 467 g/mol. The number of hydrogen-bond donors (Lipinski definition) is 2. The van der Waals surface area contributed by atoms with Crippen molar-refractivity contribution in [2.75, 3.05) is 36.8 Å². The summed E-state index contributed by atoms with van der Waals surface area (Å²) in [5.41, 5.74) is 6.35. The first-order valence-electron chi connectivity index (χ1n) is 11.9. The van der Waals surface area contributed by atoms with Crippen LogP contribution in [0.3, 0.4) is 0 Å². The molecule has 1 aliphatic heterocycles. The SMILES string of the molecule is [B]N1CCN(Cc2ccc(C(=O)Nc3ccc(C)c(Nc4nc(-c5cccnc5)cs4)c3)cc2)CC1. The minimum absolute atomic E-state index is 0.138. The zero-order valence-electron chi connectivity index (χ0n) is 20.1. The van der Waals surface area contributed by atoms with E-state index in [9.17, 15) is 4.79 Å². The topological polar surface area (TPSA) is 73.4 Å². The van der Waals surface area contributed by atoms with E-state index in [2.05, 4.69) is 25.5 Å². The molecule has 1 saturated heterocycles. The van der Waals surface area contributed by atoms with E-state index in [0.29, 0.717) is 5.56 Å². The lowest BCUT2D eigenvalue weighted by Crippen LogP contribution is -2.44. The van der Waals surface area contributed by atoms with E-state index in [0.717, 1.165) is 66.1 Å². The second kappa shape index (κ2) is 11.0. The third-order valence-electron chi connectivity index (χ3n) is 6.23. The Balaban J connectivity index is 1.22. The van der Waals surface area contributed by atoms with Gasteiger partial charge >= 0.3 is 0 Å². The molecule has 36 heavy (non-hydrogen) atoms. The number of aromatic nitrogens is 2. The van der Waals surface area contributed by atoms with Crippen LogP contribution < -0.4 is 10.6 Å². The van der Waals surface area contributed by atoms with Gasteiger partial charge in [-0.25, -0.2) is 4.98 Å². The van der Waals surface area contributed by atoms with E-state index >= 15 is 0 Å². The summed E-state index contributed by atoms with van der Waals surface area (Å²) >= 11 is 1.53. The van der Waals surface area contributed by atoms with Gasteiger partial charge in [0.15, 0.2) is 13.1 Å². The lowest BCUT2D eigenvalue weighted by Gasteiger charge is -2.32. The van der Waals surface area contributed by atoms with Crippen molar-refractivity contribution < 1.29 is 4.79 Å². The van der Waals surface area contributed by atoms with E-state index < -0.39 is 0 Å². The van der Waals surface area contributed by atoms with Crippen molar-refractivity contribution in [1.29, 1.82) is 0 Å². The molecule has 180 valence electrons. The molecule has 0 atom stereocenters. The molecule has 0 bridgehead atoms. The van der Waals surface area contributed by atoms with Crippen LogP contribution in [0, 0.1) is 6.92 Å². The summed E-state index contributed by atoms with van der Waals surface area (Å²) in [6, 6.07) is 17.5. The third kappa shape index (κ3) is 5.99. The van der Waals surface area contributed by atoms with E-state index in [4.69, 9.17) is 7.98 Å². The molecule has 0 saturated carbocycles. The maximum atomic E-state index is 12.9. The molecule has 0 spiro atoms. The van der Waals surface area contributed by atoms with E-state index in [1.165, 1.54) is 16.9 Å². The number of amides is 1. The average Bonchev–Trinajstić information content (AvgIpc) is 3.37. The lowest BCUT2D eigenvalue weighted by atomic mass is 10.1. The Morgan fingerprint density at radius 2 is 1.89 bits per heavy atom. The summed E-state index contributed by atoms with van der Waals surface area (Å²) in [6.07, 6.45) is 3.55. The monoisotopic (exact) mass is 494 g/mol. The molecule has 0 unspecified atom stereocenters. The average molecular weight is 494 g/mol. The number of carbonyl (C=O) groups excluding carboxylic acids is 1. The number of anilines is 3. The fourth-order valence-corrected chi connectivity index (χ4v) is 4.80. The molecule has 1 amide bonds. The Kier molecular flexibility index (Phi) is 7.41. The standard InChI is InChI=1S/C27H27BN6OS/c1-19-4-9-23(15-24(19)31-27-32-25(18-36-27)22-3-2-10-29-16-22)30-26(35)21-7-5-20(6-8-21)17-33-11-13-34(28)14-12-33/h2-10,15-16,18H,11-14,17H2,1H3,(H,30,35)(H,31,32). The zero-order chi connectivity index (χ0) is 24.9. The Morgan fingerprint density at radius 1 is 1.08 bits per heavy atom. The molecule has 9 heteroatoms. The number of nitrogens with zero attached hydrogens (tertiary/aromatic N) is 4. The number of rotatable bonds is 7. The van der Waals surface area contributed by atoms with Gasteiger partial charge in [-0.05, 0) is 67.5 Å². The highest BCUT2D eigenvalue weighted by molar-refractivity contribution is 7.14. The smallest absolute Gasteiger partial charge is 0.255 e. The molecule has 3 heterocycles. The fraction of sp³-hybridized carbons (Fsp3) is 0.222. The van der Waals surface area contributed by atoms with Gasteiger partial charge in [0.1, 0.15) is 0 Å². The number of benzene rings is 2. The van der Waals surface area contributed by atoms with Crippen LogP contribution in [0.4, 0.5) is 16.5 Å². The largest absolute Gasteiger partial charge is 0.351 e. The van der Waals surface area contributed by atoms with Gasteiger partial charge in [0.2, 0.25) is 0 Å². The maximum absolute atomic E-state index is 12.9. The molecule has 2 N–H and O–H groups in total. The van der Waals surface area contributed by atoms with Gasteiger partial charge in [0, 0.05) is 59.9 Å². The van der Waals surface area contributed by atoms with Crippen molar-refractivity contribution in [3.8, 4) is 11.3 Å². The number of nitrogens with one attached hydrogen (secondary N) is 2. The minimum Gasteiger partial charge on any atom is -0.351 e. The van der Waals surface area contributed by atoms with Gasteiger partial charge in [-0.1, -0.05) is 18.2 Å². The molecule has 7 nitrogen and oxygen atoms in total. The Bertz CT molecular complexity index is 1320. The Labute approximate surface area is 216 Å². The Morgan fingerprint density at radius 3 is 2.64 bits per heavy atom. The van der Waals surface area contributed by atoms with Gasteiger partial charge in [-0.3, -0.25) is 14.7 Å². The van der Waals surface area contributed by atoms with Gasteiger partial charge in [-0.15, -0.1) is 11.3 Å². The molecule has 2 radical (unpaired) electrons. The quantitative estimate of drug-likeness (QED) is 0.363. The van der Waals surface area contributed by atoms with Crippen LogP contribution in [0.25, 0.3) is 11.3 Å². The molecule has 1 aliphatic rings. The molecular formula is C27H27BN6OS. The minimum atomic E-state index is -0.138. The summed E-state index contributed by atoms with van der Waals surface area (Å²) in [5, 5.41) is 9.18. The van der Waals surface area contributed by atoms with Crippen molar-refractivity contribution in [2.24, 2.45) is 0 Å². The zero-order valence-corrected chi connectivity index (χ0v) is 21.0. The number of hydrogen-bond acceptors (Lipinski definition) is 7. The summed E-state index contributed by atoms with van der Waals surface area (Å²) in [7, 11) is 5.84. The maximum Gasteiger partial charge on any atom is 0.255 e. The van der Waals surface area contributed by atoms with Crippen molar-refractivity contribution in [1.82, 2.24) is 19.7 Å². The van der Waals surface area contributed by atoms with Gasteiger partial charge in [0.25, 0.3) is 5.91 Å². The van der Waals surface area contributed by atoms with E-state index in [-0.39, 0.29) is 5.91 Å². The van der Waals surface area contributed by atoms with Crippen LogP contribution >= 0.6 is 11.3 Å². The van der Waals surface area contributed by atoms with Gasteiger partial charge < -0.3 is 15.4 Å². The highest BCUT2D eigenvalue weighted by Gasteiger charge is 2.14. The molecule has 1 fully saturated rings. The summed E-state index contributed by atoms with van der Waals surface area (Å²) in [6.45, 7) is 6.55. The van der Waals surface area contributed by atoms with Gasteiger partial charge in [0.05, 0.1) is 5.69 Å². The second-order valence-corrected chi connectivity index (χ2v) is 9.76. The Hall–Kier alpha value is -3.53. The number of aryl methyl sites for hydroxylation is 1. The predicted molar refractivity (Wildman–Crippen MR) is 147 cm³/mol. The summed E-state index contributed by atoms with van der Waals surface area (Å²) < 4.78 is 0. The number of piperazine rings is 1. The van der Waals surface area contributed by atoms with Crippen molar-refractivity contribution in [3.63, 3.8) is 0 Å². The number of carbonyl (C=O) groups is 1. The third-order valence-corrected chi connectivity index (χ3v) is 6.99. The predicted octanol–water partition coefficient (Wildman–Crippen LogP) is 4.71. The fourth-order valence-electron chi connectivity index (χ4n) is 4.07. The molecule has 0 aliphatic carbocycles. The normalized spacial score (nSPS) is 14.5. The summed E-state index contributed by atoms with van der Waals surface area (Å²) in [5.74, 6) is -0.138. The first kappa shape index (κ1) is 24.2. The molecule has 4 aromatic rings.